The summed E-state index contributed by atoms with van der Waals surface area (Å²) in [6.07, 6.45) is 3.41. The monoisotopic (exact) mass is 358 g/mol. The number of aromatic nitrogens is 2. The number of rotatable bonds is 4. The fourth-order valence-electron chi connectivity index (χ4n) is 2.48. The van der Waals surface area contributed by atoms with Crippen molar-refractivity contribution in [3.8, 4) is 11.5 Å². The summed E-state index contributed by atoms with van der Waals surface area (Å²) in [6, 6.07) is 7.25. The van der Waals surface area contributed by atoms with Gasteiger partial charge in [-0.15, -0.1) is 0 Å². The van der Waals surface area contributed by atoms with Gasteiger partial charge in [0.1, 0.15) is 13.2 Å². The Bertz CT molecular complexity index is 972. The van der Waals surface area contributed by atoms with Crippen molar-refractivity contribution in [1.29, 1.82) is 0 Å². The predicted molar refractivity (Wildman–Crippen MR) is 93.3 cm³/mol. The molecule has 1 aromatic carbocycles. The van der Waals surface area contributed by atoms with Crippen molar-refractivity contribution in [2.75, 3.05) is 13.2 Å². The highest BCUT2D eigenvalue weighted by atomic mass is 16.6. The Kier molecular flexibility index (Phi) is 4.92. The van der Waals surface area contributed by atoms with Crippen LogP contribution < -0.4 is 20.7 Å². The van der Waals surface area contributed by atoms with Crippen LogP contribution >= 0.6 is 0 Å². The van der Waals surface area contributed by atoms with Gasteiger partial charge in [0.05, 0.1) is 5.56 Å². The number of carbonyl (C=O) groups excluding carboxylic acids is 1. The van der Waals surface area contributed by atoms with Gasteiger partial charge in [0.2, 0.25) is 0 Å². The first-order chi connectivity index (χ1) is 12.5. The van der Waals surface area contributed by atoms with Crippen molar-refractivity contribution in [1.82, 2.24) is 9.13 Å². The van der Waals surface area contributed by atoms with Crippen LogP contribution in [-0.2, 0) is 23.6 Å². The average molecular weight is 358 g/mol. The van der Waals surface area contributed by atoms with Crippen molar-refractivity contribution in [2.45, 2.75) is 6.10 Å². The molecule has 0 fully saturated rings. The van der Waals surface area contributed by atoms with Gasteiger partial charge in [-0.25, -0.2) is 9.59 Å². The van der Waals surface area contributed by atoms with Crippen molar-refractivity contribution in [3.63, 3.8) is 0 Å². The van der Waals surface area contributed by atoms with Gasteiger partial charge < -0.3 is 18.8 Å². The van der Waals surface area contributed by atoms with Gasteiger partial charge >= 0.3 is 11.7 Å². The van der Waals surface area contributed by atoms with Crippen LogP contribution in [0.3, 0.4) is 0 Å². The van der Waals surface area contributed by atoms with Crippen LogP contribution in [0, 0.1) is 0 Å². The van der Waals surface area contributed by atoms with Crippen LogP contribution in [0.15, 0.2) is 46.1 Å². The summed E-state index contributed by atoms with van der Waals surface area (Å²) in [7, 11) is 2.90. The number of hydrogen-bond donors (Lipinski definition) is 0. The molecule has 0 spiro atoms. The third-order valence-corrected chi connectivity index (χ3v) is 3.85. The van der Waals surface area contributed by atoms with Crippen molar-refractivity contribution >= 4 is 12.0 Å². The van der Waals surface area contributed by atoms with Gasteiger partial charge in [0.15, 0.2) is 17.6 Å². The first kappa shape index (κ1) is 17.5. The van der Waals surface area contributed by atoms with E-state index in [9.17, 15) is 14.4 Å². The minimum absolute atomic E-state index is 0.0167. The molecule has 8 nitrogen and oxygen atoms in total. The highest BCUT2D eigenvalue weighted by molar-refractivity contribution is 5.86. The number of ether oxygens (including phenoxy) is 3. The lowest BCUT2D eigenvalue weighted by atomic mass is 10.2. The average Bonchev–Trinajstić information content (AvgIpc) is 2.66. The van der Waals surface area contributed by atoms with Crippen LogP contribution in [0.2, 0.25) is 0 Å². The summed E-state index contributed by atoms with van der Waals surface area (Å²) in [5.74, 6) is 0.632. The molecule has 0 amide bonds. The van der Waals surface area contributed by atoms with E-state index in [2.05, 4.69) is 0 Å². The van der Waals surface area contributed by atoms with E-state index in [0.29, 0.717) is 11.5 Å². The standard InChI is InChI=1S/C18H18N2O6/c1-19-9-12(17(22)20(2)18(19)23)7-8-16(21)25-11-13-10-24-14-5-3-4-6-15(14)26-13/h3-9,13H,10-11H2,1-2H3/b8-7+. The smallest absolute Gasteiger partial charge is 0.330 e. The quantitative estimate of drug-likeness (QED) is 0.583. The Morgan fingerprint density at radius 3 is 2.77 bits per heavy atom. The Balaban J connectivity index is 1.59. The summed E-state index contributed by atoms with van der Waals surface area (Å²) in [4.78, 5) is 35.5. The molecular formula is C18H18N2O6. The van der Waals surface area contributed by atoms with Gasteiger partial charge in [-0.1, -0.05) is 12.1 Å². The fraction of sp³-hybridized carbons (Fsp3) is 0.278. The van der Waals surface area contributed by atoms with Gasteiger partial charge in [-0.05, 0) is 18.2 Å². The van der Waals surface area contributed by atoms with E-state index >= 15 is 0 Å². The summed E-state index contributed by atoms with van der Waals surface area (Å²) < 4.78 is 18.6. The molecule has 2 aromatic rings. The molecule has 0 radical (unpaired) electrons. The molecule has 1 unspecified atom stereocenters. The maximum atomic E-state index is 12.0. The number of esters is 1. The summed E-state index contributed by atoms with van der Waals surface area (Å²) in [6.45, 7) is 0.290. The van der Waals surface area contributed by atoms with E-state index in [1.807, 2.05) is 12.1 Å². The van der Waals surface area contributed by atoms with Crippen LogP contribution in [-0.4, -0.2) is 34.4 Å². The highest BCUT2D eigenvalue weighted by Gasteiger charge is 2.21. The lowest BCUT2D eigenvalue weighted by Gasteiger charge is -2.25. The molecule has 1 aliphatic rings. The molecular weight excluding hydrogens is 340 g/mol. The highest BCUT2D eigenvalue weighted by Crippen LogP contribution is 2.30. The minimum Gasteiger partial charge on any atom is -0.486 e. The molecule has 1 atom stereocenters. The van der Waals surface area contributed by atoms with Crippen LogP contribution in [0.25, 0.3) is 6.08 Å². The van der Waals surface area contributed by atoms with Gasteiger partial charge in [0, 0.05) is 26.4 Å². The molecule has 0 N–H and O–H groups in total. The van der Waals surface area contributed by atoms with Crippen molar-refractivity contribution in [2.24, 2.45) is 14.1 Å². The number of hydrogen-bond acceptors (Lipinski definition) is 6. The van der Waals surface area contributed by atoms with E-state index in [1.54, 1.807) is 12.1 Å². The lowest BCUT2D eigenvalue weighted by Crippen LogP contribution is -2.37. The zero-order valence-electron chi connectivity index (χ0n) is 14.4. The molecule has 1 aliphatic heterocycles. The Hall–Kier alpha value is -3.29. The minimum atomic E-state index is -0.622. The molecule has 136 valence electrons. The number of fused-ring (bicyclic) bond motifs is 1. The maximum absolute atomic E-state index is 12.0. The first-order valence-electron chi connectivity index (χ1n) is 7.95. The van der Waals surface area contributed by atoms with E-state index in [-0.39, 0.29) is 18.8 Å². The van der Waals surface area contributed by atoms with Crippen LogP contribution in [0.4, 0.5) is 0 Å². The third-order valence-electron chi connectivity index (χ3n) is 3.85. The summed E-state index contributed by atoms with van der Waals surface area (Å²) >= 11 is 0. The number of nitrogens with zero attached hydrogens (tertiary/aromatic N) is 2. The molecule has 3 rings (SSSR count). The number of carbonyl (C=O) groups is 1. The normalized spacial score (nSPS) is 15.8. The van der Waals surface area contributed by atoms with E-state index in [4.69, 9.17) is 14.2 Å². The Labute approximate surface area is 148 Å². The second kappa shape index (κ2) is 7.30. The first-order valence-corrected chi connectivity index (χ1v) is 7.95. The number of aryl methyl sites for hydroxylation is 1. The Morgan fingerprint density at radius 1 is 1.27 bits per heavy atom. The number of para-hydroxylation sites is 2. The summed E-state index contributed by atoms with van der Waals surface area (Å²) in [5.41, 5.74) is -0.722. The lowest BCUT2D eigenvalue weighted by molar-refractivity contribution is -0.140. The largest absolute Gasteiger partial charge is 0.486 e. The zero-order chi connectivity index (χ0) is 18.7. The molecule has 0 saturated heterocycles. The molecule has 8 heteroatoms. The topological polar surface area (TPSA) is 88.8 Å². The van der Waals surface area contributed by atoms with Crippen molar-refractivity contribution < 1.29 is 19.0 Å². The van der Waals surface area contributed by atoms with Gasteiger partial charge in [-0.3, -0.25) is 9.36 Å². The van der Waals surface area contributed by atoms with E-state index < -0.39 is 23.3 Å². The van der Waals surface area contributed by atoms with E-state index in [0.717, 1.165) is 10.6 Å². The molecule has 1 aromatic heterocycles. The molecule has 0 aliphatic carbocycles. The zero-order valence-corrected chi connectivity index (χ0v) is 14.4. The third kappa shape index (κ3) is 3.69. The maximum Gasteiger partial charge on any atom is 0.330 e. The molecule has 2 heterocycles. The number of benzene rings is 1. The van der Waals surface area contributed by atoms with Crippen LogP contribution in [0.1, 0.15) is 5.56 Å². The molecule has 26 heavy (non-hydrogen) atoms. The van der Waals surface area contributed by atoms with Crippen molar-refractivity contribution in [3.05, 3.63) is 62.9 Å². The van der Waals surface area contributed by atoms with Crippen LogP contribution in [0.5, 0.6) is 11.5 Å². The Morgan fingerprint density at radius 2 is 2.00 bits per heavy atom. The predicted octanol–water partition coefficient (Wildman–Crippen LogP) is 0.480. The van der Waals surface area contributed by atoms with E-state index in [1.165, 1.54) is 30.9 Å². The molecule has 0 saturated carbocycles. The summed E-state index contributed by atoms with van der Waals surface area (Å²) in [5, 5.41) is 0. The fourth-order valence-corrected chi connectivity index (χ4v) is 2.48. The second-order valence-corrected chi connectivity index (χ2v) is 5.80. The van der Waals surface area contributed by atoms with Gasteiger partial charge in [-0.2, -0.15) is 0 Å². The SMILES string of the molecule is Cn1cc(/C=C/C(=O)OCC2COc3ccccc3O2)c(=O)n(C)c1=O. The van der Waals surface area contributed by atoms with Gasteiger partial charge in [0.25, 0.3) is 5.56 Å². The second-order valence-electron chi connectivity index (χ2n) is 5.80. The molecule has 0 bridgehead atoms.